The molecule has 0 amide bonds. The summed E-state index contributed by atoms with van der Waals surface area (Å²) >= 11 is 0. The summed E-state index contributed by atoms with van der Waals surface area (Å²) in [6.45, 7) is 5.30. The molecule has 1 heterocycles. The van der Waals surface area contributed by atoms with E-state index in [1.807, 2.05) is 0 Å². The molecule has 3 N–H and O–H groups in total. The summed E-state index contributed by atoms with van der Waals surface area (Å²) in [6.07, 6.45) is 1.66. The van der Waals surface area contributed by atoms with E-state index >= 15 is 0 Å². The average Bonchev–Trinajstić information content (AvgIpc) is 2.74. The summed E-state index contributed by atoms with van der Waals surface area (Å²) in [5, 5.41) is 0. The van der Waals surface area contributed by atoms with Crippen LogP contribution in [0.4, 0.5) is 0 Å². The second-order valence-corrected chi connectivity index (χ2v) is 5.09. The van der Waals surface area contributed by atoms with Gasteiger partial charge in [-0.3, -0.25) is 4.79 Å². The van der Waals surface area contributed by atoms with E-state index in [0.717, 1.165) is 0 Å². The fraction of sp³-hybridized carbons (Fsp3) is 0.583. The van der Waals surface area contributed by atoms with E-state index < -0.39 is 23.6 Å². The lowest BCUT2D eigenvalue weighted by molar-refractivity contribution is -0.142. The lowest BCUT2D eigenvalue weighted by Gasteiger charge is -2.18. The van der Waals surface area contributed by atoms with Crippen LogP contribution in [0.2, 0.25) is 0 Å². The largest absolute Gasteiger partial charge is 0.468 e. The number of aromatic amines is 1. The van der Waals surface area contributed by atoms with Gasteiger partial charge in [0.05, 0.1) is 7.11 Å². The van der Waals surface area contributed by atoms with Crippen LogP contribution in [0.15, 0.2) is 6.20 Å². The number of nitrogens with zero attached hydrogens (tertiary/aromatic N) is 1. The standard InChI is InChI=1S/C12H19N3O4/c1-12(2,3)19-11(17)9-14-6-7(15-9)5-8(13)10(16)18-4/h6,8H,5,13H2,1-4H3,(H,14,15)/t8-/m0/s1. The van der Waals surface area contributed by atoms with E-state index in [9.17, 15) is 9.59 Å². The third kappa shape index (κ3) is 4.70. The Morgan fingerprint density at radius 3 is 2.63 bits per heavy atom. The van der Waals surface area contributed by atoms with E-state index in [1.54, 1.807) is 20.8 Å². The predicted octanol–water partition coefficient (Wildman–Crippen LogP) is 0.408. The van der Waals surface area contributed by atoms with E-state index in [1.165, 1.54) is 13.3 Å². The number of carbonyl (C=O) groups is 2. The normalized spacial score (nSPS) is 12.9. The Balaban J connectivity index is 2.67. The van der Waals surface area contributed by atoms with Crippen LogP contribution in [-0.4, -0.2) is 40.7 Å². The number of rotatable bonds is 4. The first-order chi connectivity index (χ1) is 8.73. The summed E-state index contributed by atoms with van der Waals surface area (Å²) in [6, 6.07) is -0.795. The maximum atomic E-state index is 11.7. The zero-order valence-electron chi connectivity index (χ0n) is 11.5. The highest BCUT2D eigenvalue weighted by molar-refractivity contribution is 5.85. The number of H-pyrrole nitrogens is 1. The fourth-order valence-corrected chi connectivity index (χ4v) is 1.36. The molecule has 0 saturated carbocycles. The molecule has 0 aromatic carbocycles. The van der Waals surface area contributed by atoms with Crippen LogP contribution in [0.25, 0.3) is 0 Å². The van der Waals surface area contributed by atoms with Crippen LogP contribution in [0.1, 0.15) is 37.1 Å². The lowest BCUT2D eigenvalue weighted by Crippen LogP contribution is -2.33. The Labute approximate surface area is 111 Å². The molecule has 0 bridgehead atoms. The summed E-state index contributed by atoms with van der Waals surface area (Å²) < 4.78 is 9.67. The van der Waals surface area contributed by atoms with Gasteiger partial charge in [0.1, 0.15) is 11.6 Å². The van der Waals surface area contributed by atoms with Gasteiger partial charge < -0.3 is 20.2 Å². The first-order valence-corrected chi connectivity index (χ1v) is 5.83. The molecule has 1 aromatic heterocycles. The molecule has 106 valence electrons. The number of hydrogen-bond acceptors (Lipinski definition) is 6. The van der Waals surface area contributed by atoms with Gasteiger partial charge in [-0.15, -0.1) is 0 Å². The third-order valence-electron chi connectivity index (χ3n) is 2.16. The maximum Gasteiger partial charge on any atom is 0.374 e. The lowest BCUT2D eigenvalue weighted by atomic mass is 10.2. The minimum atomic E-state index is -0.795. The molecule has 7 heteroatoms. The van der Waals surface area contributed by atoms with Crippen LogP contribution in [0.5, 0.6) is 0 Å². The Morgan fingerprint density at radius 2 is 2.11 bits per heavy atom. The van der Waals surface area contributed by atoms with Crippen molar-refractivity contribution >= 4 is 11.9 Å². The first-order valence-electron chi connectivity index (χ1n) is 5.83. The number of aromatic nitrogens is 2. The van der Waals surface area contributed by atoms with Crippen LogP contribution < -0.4 is 5.73 Å². The summed E-state index contributed by atoms with van der Waals surface area (Å²) in [7, 11) is 1.27. The van der Waals surface area contributed by atoms with Crippen LogP contribution >= 0.6 is 0 Å². The van der Waals surface area contributed by atoms with Crippen molar-refractivity contribution in [2.45, 2.75) is 38.8 Å². The molecule has 0 radical (unpaired) electrons. The Morgan fingerprint density at radius 1 is 1.47 bits per heavy atom. The van der Waals surface area contributed by atoms with Crippen molar-refractivity contribution in [3.8, 4) is 0 Å². The van der Waals surface area contributed by atoms with Gasteiger partial charge in [0, 0.05) is 18.3 Å². The Hall–Kier alpha value is -1.89. The van der Waals surface area contributed by atoms with Crippen molar-refractivity contribution < 1.29 is 19.1 Å². The molecule has 0 unspecified atom stereocenters. The number of nitrogens with two attached hydrogens (primary N) is 1. The van der Waals surface area contributed by atoms with Crippen molar-refractivity contribution in [1.29, 1.82) is 0 Å². The number of carbonyl (C=O) groups excluding carboxylic acids is 2. The zero-order chi connectivity index (χ0) is 14.6. The number of methoxy groups -OCH3 is 1. The van der Waals surface area contributed by atoms with Crippen molar-refractivity contribution in [2.75, 3.05) is 7.11 Å². The quantitative estimate of drug-likeness (QED) is 0.766. The van der Waals surface area contributed by atoms with E-state index in [4.69, 9.17) is 10.5 Å². The molecule has 0 aliphatic rings. The first kappa shape index (κ1) is 15.2. The van der Waals surface area contributed by atoms with E-state index in [-0.39, 0.29) is 12.2 Å². The SMILES string of the molecule is COC(=O)[C@@H](N)Cc1cnc(C(=O)OC(C)(C)C)[nH]1. The van der Waals surface area contributed by atoms with Gasteiger partial charge in [0.25, 0.3) is 0 Å². The topological polar surface area (TPSA) is 107 Å². The molecule has 19 heavy (non-hydrogen) atoms. The van der Waals surface area contributed by atoms with Gasteiger partial charge in [-0.1, -0.05) is 0 Å². The molecule has 0 fully saturated rings. The molecule has 0 aliphatic heterocycles. The van der Waals surface area contributed by atoms with Crippen molar-refractivity contribution in [1.82, 2.24) is 9.97 Å². The molecule has 0 aliphatic carbocycles. The van der Waals surface area contributed by atoms with E-state index in [2.05, 4.69) is 14.7 Å². The van der Waals surface area contributed by atoms with Crippen LogP contribution in [-0.2, 0) is 20.7 Å². The summed E-state index contributed by atoms with van der Waals surface area (Å²) in [5.41, 5.74) is 5.59. The maximum absolute atomic E-state index is 11.7. The Kier molecular flexibility index (Phi) is 4.66. The van der Waals surface area contributed by atoms with Crippen LogP contribution in [0.3, 0.4) is 0 Å². The number of hydrogen-bond donors (Lipinski definition) is 2. The van der Waals surface area contributed by atoms with Crippen LogP contribution in [0, 0.1) is 0 Å². The molecule has 7 nitrogen and oxygen atoms in total. The Bertz CT molecular complexity index is 462. The highest BCUT2D eigenvalue weighted by Crippen LogP contribution is 2.10. The monoisotopic (exact) mass is 269 g/mol. The van der Waals surface area contributed by atoms with Crippen molar-refractivity contribution in [3.63, 3.8) is 0 Å². The van der Waals surface area contributed by atoms with Gasteiger partial charge in [-0.2, -0.15) is 0 Å². The molecular weight excluding hydrogens is 250 g/mol. The number of nitrogens with one attached hydrogen (secondary N) is 1. The van der Waals surface area contributed by atoms with Gasteiger partial charge in [0.2, 0.25) is 5.82 Å². The van der Waals surface area contributed by atoms with Gasteiger partial charge in [-0.25, -0.2) is 9.78 Å². The number of ether oxygens (including phenoxy) is 2. The molecular formula is C12H19N3O4. The van der Waals surface area contributed by atoms with Crippen molar-refractivity contribution in [2.24, 2.45) is 5.73 Å². The van der Waals surface area contributed by atoms with Gasteiger partial charge in [0.15, 0.2) is 0 Å². The second-order valence-electron chi connectivity index (χ2n) is 5.09. The van der Waals surface area contributed by atoms with Gasteiger partial charge >= 0.3 is 11.9 Å². The number of imidazole rings is 1. The molecule has 0 saturated heterocycles. The van der Waals surface area contributed by atoms with Gasteiger partial charge in [-0.05, 0) is 20.8 Å². The fourth-order valence-electron chi connectivity index (χ4n) is 1.36. The molecule has 0 spiro atoms. The third-order valence-corrected chi connectivity index (χ3v) is 2.16. The molecule has 1 aromatic rings. The van der Waals surface area contributed by atoms with Crippen molar-refractivity contribution in [3.05, 3.63) is 17.7 Å². The summed E-state index contributed by atoms with van der Waals surface area (Å²) in [4.78, 5) is 29.6. The zero-order valence-corrected chi connectivity index (χ0v) is 11.5. The average molecular weight is 269 g/mol. The molecule has 1 rings (SSSR count). The minimum absolute atomic E-state index is 0.0852. The summed E-state index contributed by atoms with van der Waals surface area (Å²) in [5.74, 6) is -0.985. The highest BCUT2D eigenvalue weighted by Gasteiger charge is 2.21. The predicted molar refractivity (Wildman–Crippen MR) is 67.5 cm³/mol. The smallest absolute Gasteiger partial charge is 0.374 e. The van der Waals surface area contributed by atoms with E-state index in [0.29, 0.717) is 5.69 Å². The minimum Gasteiger partial charge on any atom is -0.468 e. The highest BCUT2D eigenvalue weighted by atomic mass is 16.6. The number of esters is 2. The molecule has 1 atom stereocenters. The second kappa shape index (κ2) is 5.83.